The number of nitrogens with zero attached hydrogens (tertiary/aromatic N) is 2. The molecule has 27 heavy (non-hydrogen) atoms. The molecule has 5 heteroatoms. The third kappa shape index (κ3) is 5.45. The highest BCUT2D eigenvalue weighted by Crippen LogP contribution is 2.22. The molecule has 1 heterocycles. The molecule has 2 N–H and O–H groups in total. The average molecular weight is 362 g/mol. The molecule has 0 unspecified atom stereocenters. The highest BCUT2D eigenvalue weighted by molar-refractivity contribution is 5.64. The molecule has 3 aromatic rings. The number of aromatic nitrogens is 2. The Morgan fingerprint density at radius 2 is 1.70 bits per heavy atom. The van der Waals surface area contributed by atoms with Crippen molar-refractivity contribution in [1.82, 2.24) is 9.97 Å². The topological polar surface area (TPSA) is 59.1 Å². The average Bonchev–Trinajstić information content (AvgIpc) is 2.73. The van der Waals surface area contributed by atoms with E-state index in [1.165, 1.54) is 0 Å². The van der Waals surface area contributed by atoms with E-state index in [0.29, 0.717) is 12.5 Å². The smallest absolute Gasteiger partial charge is 0.225 e. The maximum absolute atomic E-state index is 5.21. The quantitative estimate of drug-likeness (QED) is 0.526. The van der Waals surface area contributed by atoms with E-state index in [1.54, 1.807) is 7.11 Å². The summed E-state index contributed by atoms with van der Waals surface area (Å²) in [5.41, 5.74) is 3.14. The molecule has 0 amide bonds. The first kappa shape index (κ1) is 18.7. The Balaban J connectivity index is 1.78. The minimum Gasteiger partial charge on any atom is -0.497 e. The van der Waals surface area contributed by atoms with Crippen LogP contribution >= 0.6 is 0 Å². The molecule has 0 saturated heterocycles. The molecule has 0 bridgehead atoms. The van der Waals surface area contributed by atoms with Crippen molar-refractivity contribution in [2.24, 2.45) is 0 Å². The molecule has 5 nitrogen and oxygen atoms in total. The van der Waals surface area contributed by atoms with Gasteiger partial charge in [-0.1, -0.05) is 55.8 Å². The first-order valence-electron chi connectivity index (χ1n) is 9.33. The van der Waals surface area contributed by atoms with Crippen LogP contribution in [0.1, 0.15) is 25.3 Å². The summed E-state index contributed by atoms with van der Waals surface area (Å²) in [5, 5.41) is 6.74. The summed E-state index contributed by atoms with van der Waals surface area (Å²) in [6.45, 7) is 3.72. The van der Waals surface area contributed by atoms with Gasteiger partial charge in [-0.05, 0) is 24.1 Å². The minimum atomic E-state index is 0.655. The first-order valence-corrected chi connectivity index (χ1v) is 9.33. The fourth-order valence-electron chi connectivity index (χ4n) is 2.69. The molecular weight excluding hydrogens is 336 g/mol. The van der Waals surface area contributed by atoms with Crippen LogP contribution in [0.2, 0.25) is 0 Å². The van der Waals surface area contributed by atoms with Crippen LogP contribution in [0.5, 0.6) is 5.75 Å². The Labute approximate surface area is 160 Å². The molecule has 0 atom stereocenters. The standard InChI is InChI=1S/C22H26N4O/c1-3-4-14-23-22-25-20(18-8-6-5-7-9-18)15-21(26-22)24-16-17-10-12-19(27-2)13-11-17/h5-13,15H,3-4,14,16H2,1-2H3,(H2,23,24,25,26). The Morgan fingerprint density at radius 3 is 2.41 bits per heavy atom. The fourth-order valence-corrected chi connectivity index (χ4v) is 2.69. The Morgan fingerprint density at radius 1 is 0.926 bits per heavy atom. The summed E-state index contributed by atoms with van der Waals surface area (Å²) in [6.07, 6.45) is 2.22. The predicted molar refractivity (Wildman–Crippen MR) is 111 cm³/mol. The number of ether oxygens (including phenoxy) is 1. The van der Waals surface area contributed by atoms with Gasteiger partial charge in [0.05, 0.1) is 12.8 Å². The first-order chi connectivity index (χ1) is 13.3. The molecule has 0 aliphatic carbocycles. The molecule has 0 aliphatic rings. The number of unbranched alkanes of at least 4 members (excludes halogenated alkanes) is 1. The second kappa shape index (κ2) is 9.57. The van der Waals surface area contributed by atoms with Crippen molar-refractivity contribution in [1.29, 1.82) is 0 Å². The third-order valence-electron chi connectivity index (χ3n) is 4.24. The van der Waals surface area contributed by atoms with Gasteiger partial charge in [-0.15, -0.1) is 0 Å². The molecule has 140 valence electrons. The molecule has 2 aromatic carbocycles. The number of benzene rings is 2. The summed E-state index contributed by atoms with van der Waals surface area (Å²) >= 11 is 0. The second-order valence-electron chi connectivity index (χ2n) is 6.31. The lowest BCUT2D eigenvalue weighted by molar-refractivity contribution is 0.414. The lowest BCUT2D eigenvalue weighted by atomic mass is 10.1. The molecule has 0 saturated carbocycles. The Kier molecular flexibility index (Phi) is 6.63. The van der Waals surface area contributed by atoms with Crippen LogP contribution in [-0.2, 0) is 6.54 Å². The molecule has 1 aromatic heterocycles. The van der Waals surface area contributed by atoms with E-state index in [9.17, 15) is 0 Å². The fraction of sp³-hybridized carbons (Fsp3) is 0.273. The van der Waals surface area contributed by atoms with Crippen molar-refractivity contribution in [2.45, 2.75) is 26.3 Å². The van der Waals surface area contributed by atoms with Gasteiger partial charge in [0.25, 0.3) is 0 Å². The minimum absolute atomic E-state index is 0.655. The van der Waals surface area contributed by atoms with Crippen molar-refractivity contribution in [2.75, 3.05) is 24.3 Å². The van der Waals surface area contributed by atoms with Crippen LogP contribution in [0.15, 0.2) is 60.7 Å². The maximum Gasteiger partial charge on any atom is 0.225 e. The Bertz CT molecular complexity index is 835. The van der Waals surface area contributed by atoms with Gasteiger partial charge in [0.1, 0.15) is 11.6 Å². The summed E-state index contributed by atoms with van der Waals surface area (Å²) < 4.78 is 5.21. The van der Waals surface area contributed by atoms with Crippen LogP contribution in [0.4, 0.5) is 11.8 Å². The lowest BCUT2D eigenvalue weighted by Gasteiger charge is -2.12. The molecule has 0 fully saturated rings. The van der Waals surface area contributed by atoms with Crippen molar-refractivity contribution in [3.05, 3.63) is 66.2 Å². The normalized spacial score (nSPS) is 10.4. The molecule has 3 rings (SSSR count). The summed E-state index contributed by atoms with van der Waals surface area (Å²) in [6, 6.07) is 20.2. The Hall–Kier alpha value is -3.08. The summed E-state index contributed by atoms with van der Waals surface area (Å²) in [5.74, 6) is 2.32. The number of hydrogen-bond acceptors (Lipinski definition) is 5. The van der Waals surface area contributed by atoms with Gasteiger partial charge in [-0.2, -0.15) is 4.98 Å². The van der Waals surface area contributed by atoms with E-state index in [4.69, 9.17) is 4.74 Å². The van der Waals surface area contributed by atoms with Gasteiger partial charge in [0, 0.05) is 24.7 Å². The van der Waals surface area contributed by atoms with Gasteiger partial charge in [-0.25, -0.2) is 4.98 Å². The highest BCUT2D eigenvalue weighted by Gasteiger charge is 2.07. The number of rotatable bonds is 9. The van der Waals surface area contributed by atoms with Gasteiger partial charge in [0.15, 0.2) is 0 Å². The highest BCUT2D eigenvalue weighted by atomic mass is 16.5. The van der Waals surface area contributed by atoms with Gasteiger partial charge >= 0.3 is 0 Å². The van der Waals surface area contributed by atoms with Crippen molar-refractivity contribution < 1.29 is 4.74 Å². The number of nitrogens with one attached hydrogen (secondary N) is 2. The lowest BCUT2D eigenvalue weighted by Crippen LogP contribution is -2.09. The zero-order chi connectivity index (χ0) is 18.9. The van der Waals surface area contributed by atoms with Crippen LogP contribution in [0.25, 0.3) is 11.3 Å². The van der Waals surface area contributed by atoms with Crippen molar-refractivity contribution >= 4 is 11.8 Å². The van der Waals surface area contributed by atoms with Gasteiger partial charge < -0.3 is 15.4 Å². The number of methoxy groups -OCH3 is 1. The van der Waals surface area contributed by atoms with E-state index >= 15 is 0 Å². The SMILES string of the molecule is CCCCNc1nc(NCc2ccc(OC)cc2)cc(-c2ccccc2)n1. The zero-order valence-electron chi connectivity index (χ0n) is 15.9. The third-order valence-corrected chi connectivity index (χ3v) is 4.24. The van der Waals surface area contributed by atoms with E-state index in [-0.39, 0.29) is 0 Å². The second-order valence-corrected chi connectivity index (χ2v) is 6.31. The summed E-state index contributed by atoms with van der Waals surface area (Å²) in [7, 11) is 1.67. The van der Waals surface area contributed by atoms with E-state index in [0.717, 1.165) is 47.8 Å². The van der Waals surface area contributed by atoms with Crippen LogP contribution in [-0.4, -0.2) is 23.6 Å². The number of anilines is 2. The van der Waals surface area contributed by atoms with Gasteiger partial charge in [0.2, 0.25) is 5.95 Å². The van der Waals surface area contributed by atoms with Crippen molar-refractivity contribution in [3.8, 4) is 17.0 Å². The van der Waals surface area contributed by atoms with Crippen LogP contribution in [0.3, 0.4) is 0 Å². The number of hydrogen-bond donors (Lipinski definition) is 2. The van der Waals surface area contributed by atoms with Crippen LogP contribution in [0, 0.1) is 0 Å². The monoisotopic (exact) mass is 362 g/mol. The maximum atomic E-state index is 5.21. The van der Waals surface area contributed by atoms with E-state index in [1.807, 2.05) is 48.5 Å². The van der Waals surface area contributed by atoms with E-state index < -0.39 is 0 Å². The largest absolute Gasteiger partial charge is 0.497 e. The zero-order valence-corrected chi connectivity index (χ0v) is 15.9. The van der Waals surface area contributed by atoms with Crippen LogP contribution < -0.4 is 15.4 Å². The van der Waals surface area contributed by atoms with Crippen molar-refractivity contribution in [3.63, 3.8) is 0 Å². The van der Waals surface area contributed by atoms with Gasteiger partial charge in [-0.3, -0.25) is 0 Å². The van der Waals surface area contributed by atoms with E-state index in [2.05, 4.69) is 39.7 Å². The molecular formula is C22H26N4O. The molecule has 0 spiro atoms. The molecule has 0 radical (unpaired) electrons. The molecule has 0 aliphatic heterocycles. The summed E-state index contributed by atoms with van der Waals surface area (Å²) in [4.78, 5) is 9.30. The predicted octanol–water partition coefficient (Wildman–Crippen LogP) is 4.98.